The Balaban J connectivity index is 1.56. The first kappa shape index (κ1) is 16.2. The van der Waals surface area contributed by atoms with Crippen molar-refractivity contribution in [3.63, 3.8) is 0 Å². The Morgan fingerprint density at radius 2 is 2.23 bits per heavy atom. The van der Waals surface area contributed by atoms with Gasteiger partial charge in [0.1, 0.15) is 11.6 Å². The van der Waals surface area contributed by atoms with Gasteiger partial charge >= 0.3 is 0 Å². The van der Waals surface area contributed by atoms with Gasteiger partial charge in [0.05, 0.1) is 16.8 Å². The molecule has 2 aromatic heterocycles. The standard InChI is InChI=1S/C18H16FN5O2/c1-10-5-6-20-14(7-10)21-18(26)11-8-15(25)24(9-11)17-16-12(19)3-2-4-13(16)22-23-17/h2-7,11H,8-9H2,1H3,(H,22,23)(H,20,21,26)/t11-/m0/s1. The minimum Gasteiger partial charge on any atom is -0.310 e. The van der Waals surface area contributed by atoms with Crippen LogP contribution in [0.1, 0.15) is 12.0 Å². The second-order valence-corrected chi connectivity index (χ2v) is 6.32. The number of benzene rings is 1. The molecule has 0 bridgehead atoms. The van der Waals surface area contributed by atoms with Gasteiger partial charge in [-0.3, -0.25) is 19.6 Å². The lowest BCUT2D eigenvalue weighted by molar-refractivity contribution is -0.122. The first-order chi connectivity index (χ1) is 12.5. The summed E-state index contributed by atoms with van der Waals surface area (Å²) in [7, 11) is 0. The summed E-state index contributed by atoms with van der Waals surface area (Å²) in [4.78, 5) is 30.3. The smallest absolute Gasteiger partial charge is 0.230 e. The lowest BCUT2D eigenvalue weighted by atomic mass is 10.1. The summed E-state index contributed by atoms with van der Waals surface area (Å²) in [6, 6.07) is 8.14. The second-order valence-electron chi connectivity index (χ2n) is 6.32. The minimum atomic E-state index is -0.552. The number of pyridine rings is 1. The van der Waals surface area contributed by atoms with Crippen LogP contribution in [-0.4, -0.2) is 33.5 Å². The highest BCUT2D eigenvalue weighted by atomic mass is 19.1. The van der Waals surface area contributed by atoms with Crippen LogP contribution < -0.4 is 10.2 Å². The molecule has 1 fully saturated rings. The molecule has 3 aromatic rings. The Morgan fingerprint density at radius 1 is 1.38 bits per heavy atom. The number of nitrogens with one attached hydrogen (secondary N) is 2. The number of hydrogen-bond acceptors (Lipinski definition) is 4. The van der Waals surface area contributed by atoms with E-state index in [1.807, 2.05) is 13.0 Å². The van der Waals surface area contributed by atoms with Crippen molar-refractivity contribution in [3.05, 3.63) is 47.9 Å². The maximum Gasteiger partial charge on any atom is 0.230 e. The minimum absolute atomic E-state index is 0.0421. The van der Waals surface area contributed by atoms with Crippen LogP contribution in [0.3, 0.4) is 0 Å². The van der Waals surface area contributed by atoms with Crippen LogP contribution in [0.2, 0.25) is 0 Å². The molecule has 8 heteroatoms. The summed E-state index contributed by atoms with van der Waals surface area (Å²) >= 11 is 0. The predicted octanol–water partition coefficient (Wildman–Crippen LogP) is 2.40. The number of carbonyl (C=O) groups is 2. The maximum absolute atomic E-state index is 14.2. The molecule has 1 aliphatic heterocycles. The Bertz CT molecular complexity index is 1020. The molecule has 3 heterocycles. The van der Waals surface area contributed by atoms with Crippen molar-refractivity contribution in [1.82, 2.24) is 15.2 Å². The van der Waals surface area contributed by atoms with Gasteiger partial charge in [-0.1, -0.05) is 6.07 Å². The van der Waals surface area contributed by atoms with Crippen LogP contribution in [0, 0.1) is 18.7 Å². The van der Waals surface area contributed by atoms with Gasteiger partial charge in [-0.25, -0.2) is 9.37 Å². The van der Waals surface area contributed by atoms with Gasteiger partial charge < -0.3 is 5.32 Å². The van der Waals surface area contributed by atoms with Crippen LogP contribution in [-0.2, 0) is 9.59 Å². The average molecular weight is 353 g/mol. The molecule has 1 atom stereocenters. The molecule has 2 amide bonds. The van der Waals surface area contributed by atoms with Crippen molar-refractivity contribution >= 4 is 34.4 Å². The highest BCUT2D eigenvalue weighted by Gasteiger charge is 2.37. The Kier molecular flexibility index (Phi) is 3.87. The molecule has 1 aromatic carbocycles. The highest BCUT2D eigenvalue weighted by molar-refractivity contribution is 6.06. The number of amides is 2. The molecule has 7 nitrogen and oxygen atoms in total. The number of aromatic nitrogens is 3. The molecule has 2 N–H and O–H groups in total. The van der Waals surface area contributed by atoms with Gasteiger partial charge in [-0.2, -0.15) is 5.10 Å². The zero-order chi connectivity index (χ0) is 18.3. The molecule has 0 saturated carbocycles. The van der Waals surface area contributed by atoms with Crippen molar-refractivity contribution < 1.29 is 14.0 Å². The fraction of sp³-hybridized carbons (Fsp3) is 0.222. The molecule has 0 spiro atoms. The van der Waals surface area contributed by atoms with Crippen molar-refractivity contribution in [2.45, 2.75) is 13.3 Å². The van der Waals surface area contributed by atoms with E-state index in [9.17, 15) is 14.0 Å². The summed E-state index contributed by atoms with van der Waals surface area (Å²) in [5.41, 5.74) is 1.47. The number of nitrogens with zero attached hydrogens (tertiary/aromatic N) is 3. The molecule has 4 rings (SSSR count). The van der Waals surface area contributed by atoms with Crippen LogP contribution in [0.15, 0.2) is 36.5 Å². The predicted molar refractivity (Wildman–Crippen MR) is 94.1 cm³/mol. The van der Waals surface area contributed by atoms with Gasteiger partial charge in [0.2, 0.25) is 11.8 Å². The van der Waals surface area contributed by atoms with Crippen LogP contribution >= 0.6 is 0 Å². The van der Waals surface area contributed by atoms with Gasteiger partial charge in [0.25, 0.3) is 0 Å². The van der Waals surface area contributed by atoms with Gasteiger partial charge in [0, 0.05) is 19.2 Å². The zero-order valence-electron chi connectivity index (χ0n) is 14.0. The molecule has 26 heavy (non-hydrogen) atoms. The van der Waals surface area contributed by atoms with Gasteiger partial charge in [-0.05, 0) is 36.8 Å². The number of halogens is 1. The van der Waals surface area contributed by atoms with E-state index in [0.717, 1.165) is 5.56 Å². The number of carbonyl (C=O) groups excluding carboxylic acids is 2. The third-order valence-corrected chi connectivity index (χ3v) is 4.44. The molecule has 1 aliphatic rings. The van der Waals surface area contributed by atoms with Crippen LogP contribution in [0.25, 0.3) is 10.9 Å². The monoisotopic (exact) mass is 353 g/mol. The first-order valence-electron chi connectivity index (χ1n) is 8.19. The largest absolute Gasteiger partial charge is 0.310 e. The molecular weight excluding hydrogens is 337 g/mol. The lowest BCUT2D eigenvalue weighted by Gasteiger charge is -2.14. The van der Waals surface area contributed by atoms with Gasteiger partial charge in [0.15, 0.2) is 5.82 Å². The Morgan fingerprint density at radius 3 is 3.04 bits per heavy atom. The SMILES string of the molecule is Cc1ccnc(NC(=O)[C@H]2CC(=O)N(c3n[nH]c4cccc(F)c34)C2)c1. The average Bonchev–Trinajstić information content (AvgIpc) is 3.19. The number of rotatable bonds is 3. The van der Waals surface area contributed by atoms with Gasteiger partial charge in [-0.15, -0.1) is 0 Å². The number of anilines is 2. The first-order valence-corrected chi connectivity index (χ1v) is 8.19. The number of H-pyrrole nitrogens is 1. The van der Waals surface area contributed by atoms with Crippen LogP contribution in [0.5, 0.6) is 0 Å². The van der Waals surface area contributed by atoms with E-state index in [2.05, 4.69) is 20.5 Å². The van der Waals surface area contributed by atoms with E-state index in [1.54, 1.807) is 24.4 Å². The Hall–Kier alpha value is -3.29. The van der Waals surface area contributed by atoms with E-state index in [-0.39, 0.29) is 36.0 Å². The second kappa shape index (κ2) is 6.21. The third kappa shape index (κ3) is 2.79. The number of aromatic amines is 1. The molecular formula is C18H16FN5O2. The topological polar surface area (TPSA) is 91.0 Å². The number of fused-ring (bicyclic) bond motifs is 1. The molecule has 1 saturated heterocycles. The summed E-state index contributed by atoms with van der Waals surface area (Å²) < 4.78 is 14.2. The fourth-order valence-electron chi connectivity index (χ4n) is 3.13. The number of aryl methyl sites for hydroxylation is 1. The molecule has 0 unspecified atom stereocenters. The molecule has 0 radical (unpaired) electrons. The van der Waals surface area contributed by atoms with Crippen molar-refractivity contribution in [2.75, 3.05) is 16.8 Å². The Labute approximate surface area is 148 Å². The molecule has 0 aliphatic carbocycles. The van der Waals surface area contributed by atoms with Crippen molar-refractivity contribution in [1.29, 1.82) is 0 Å². The summed E-state index contributed by atoms with van der Waals surface area (Å²) in [5, 5.41) is 9.78. The zero-order valence-corrected chi connectivity index (χ0v) is 14.0. The number of hydrogen-bond donors (Lipinski definition) is 2. The lowest BCUT2D eigenvalue weighted by Crippen LogP contribution is -2.28. The quantitative estimate of drug-likeness (QED) is 0.756. The maximum atomic E-state index is 14.2. The highest BCUT2D eigenvalue weighted by Crippen LogP contribution is 2.31. The summed E-state index contributed by atoms with van der Waals surface area (Å²) in [6.45, 7) is 2.04. The normalized spacial score (nSPS) is 17.1. The van der Waals surface area contributed by atoms with E-state index < -0.39 is 11.7 Å². The van der Waals surface area contributed by atoms with E-state index in [0.29, 0.717) is 11.3 Å². The van der Waals surface area contributed by atoms with E-state index in [4.69, 9.17) is 0 Å². The van der Waals surface area contributed by atoms with E-state index >= 15 is 0 Å². The summed E-state index contributed by atoms with van der Waals surface area (Å²) in [6.07, 6.45) is 1.65. The van der Waals surface area contributed by atoms with Crippen molar-refractivity contribution in [3.8, 4) is 0 Å². The van der Waals surface area contributed by atoms with Crippen molar-refractivity contribution in [2.24, 2.45) is 5.92 Å². The fourth-order valence-corrected chi connectivity index (χ4v) is 3.13. The summed E-state index contributed by atoms with van der Waals surface area (Å²) in [5.74, 6) is -0.915. The van der Waals surface area contributed by atoms with E-state index in [1.165, 1.54) is 11.0 Å². The molecule has 132 valence electrons. The third-order valence-electron chi connectivity index (χ3n) is 4.44. The van der Waals surface area contributed by atoms with Crippen LogP contribution in [0.4, 0.5) is 16.0 Å².